The number of pyridine rings is 1. The molecule has 6 heteroatoms. The van der Waals surface area contributed by atoms with Crippen molar-refractivity contribution in [2.75, 3.05) is 5.32 Å². The Balaban J connectivity index is 2.02. The zero-order valence-electron chi connectivity index (χ0n) is 12.3. The van der Waals surface area contributed by atoms with Crippen LogP contribution in [0.25, 0.3) is 5.65 Å². The van der Waals surface area contributed by atoms with Gasteiger partial charge in [-0.2, -0.15) is 9.61 Å². The lowest BCUT2D eigenvalue weighted by molar-refractivity contribution is -0.144. The molecule has 1 aliphatic carbocycles. The van der Waals surface area contributed by atoms with Crippen molar-refractivity contribution in [2.24, 2.45) is 5.92 Å². The number of nitrogens with zero attached hydrogens (tertiary/aromatic N) is 3. The second kappa shape index (κ2) is 5.02. The Bertz CT molecular complexity index is 681. The van der Waals surface area contributed by atoms with Gasteiger partial charge >= 0.3 is 5.97 Å². The maximum absolute atomic E-state index is 11.9. The van der Waals surface area contributed by atoms with E-state index in [0.717, 1.165) is 24.1 Å². The fourth-order valence-corrected chi connectivity index (χ4v) is 3.30. The van der Waals surface area contributed by atoms with Crippen molar-refractivity contribution in [1.29, 1.82) is 0 Å². The molecule has 2 N–H and O–H groups in total. The second-order valence-corrected chi connectivity index (χ2v) is 6.16. The average Bonchev–Trinajstić information content (AvgIpc) is 2.86. The van der Waals surface area contributed by atoms with Gasteiger partial charge in [0.05, 0.1) is 0 Å². The summed E-state index contributed by atoms with van der Waals surface area (Å²) in [6.45, 7) is 4.08. The van der Waals surface area contributed by atoms with Gasteiger partial charge in [0.15, 0.2) is 5.65 Å². The van der Waals surface area contributed by atoms with Crippen LogP contribution in [-0.2, 0) is 4.79 Å². The van der Waals surface area contributed by atoms with E-state index in [1.165, 1.54) is 6.33 Å². The summed E-state index contributed by atoms with van der Waals surface area (Å²) in [4.78, 5) is 16.1. The number of carboxylic acid groups (broad SMARTS) is 1. The molecule has 1 fully saturated rings. The van der Waals surface area contributed by atoms with Crippen molar-refractivity contribution in [3.05, 3.63) is 24.0 Å². The predicted octanol–water partition coefficient (Wildman–Crippen LogP) is 2.48. The van der Waals surface area contributed by atoms with Gasteiger partial charge in [-0.25, -0.2) is 9.78 Å². The maximum Gasteiger partial charge on any atom is 0.329 e. The third-order valence-electron chi connectivity index (χ3n) is 4.30. The predicted molar refractivity (Wildman–Crippen MR) is 79.3 cm³/mol. The highest BCUT2D eigenvalue weighted by atomic mass is 16.4. The zero-order valence-corrected chi connectivity index (χ0v) is 12.3. The summed E-state index contributed by atoms with van der Waals surface area (Å²) in [5, 5.41) is 17.2. The minimum Gasteiger partial charge on any atom is -0.480 e. The van der Waals surface area contributed by atoms with Crippen LogP contribution in [-0.4, -0.2) is 31.2 Å². The monoisotopic (exact) mass is 288 g/mol. The Hall–Kier alpha value is -2.11. The van der Waals surface area contributed by atoms with Gasteiger partial charge in [0.2, 0.25) is 0 Å². The number of rotatable bonds is 3. The van der Waals surface area contributed by atoms with Crippen LogP contribution < -0.4 is 5.32 Å². The molecule has 0 saturated heterocycles. The molecule has 0 amide bonds. The third-order valence-corrected chi connectivity index (χ3v) is 4.30. The maximum atomic E-state index is 11.9. The van der Waals surface area contributed by atoms with E-state index in [0.29, 0.717) is 24.6 Å². The van der Waals surface area contributed by atoms with E-state index in [4.69, 9.17) is 0 Å². The first kappa shape index (κ1) is 13.9. The van der Waals surface area contributed by atoms with Crippen molar-refractivity contribution in [1.82, 2.24) is 14.6 Å². The minimum atomic E-state index is -0.912. The number of hydrogen-bond acceptors (Lipinski definition) is 4. The number of fused-ring (bicyclic) bond motifs is 1. The fraction of sp³-hybridized carbons (Fsp3) is 0.533. The number of aliphatic carboxylic acids is 1. The van der Waals surface area contributed by atoms with Gasteiger partial charge in [0.25, 0.3) is 0 Å². The number of hydrogen-bond donors (Lipinski definition) is 2. The summed E-state index contributed by atoms with van der Waals surface area (Å²) in [7, 11) is 0. The van der Waals surface area contributed by atoms with Gasteiger partial charge in [0, 0.05) is 0 Å². The average molecular weight is 288 g/mol. The van der Waals surface area contributed by atoms with Crippen molar-refractivity contribution in [3.8, 4) is 0 Å². The van der Waals surface area contributed by atoms with E-state index in [9.17, 15) is 9.90 Å². The molecule has 21 heavy (non-hydrogen) atoms. The highest BCUT2D eigenvalue weighted by molar-refractivity contribution is 5.82. The van der Waals surface area contributed by atoms with Crippen LogP contribution in [0.4, 0.5) is 5.82 Å². The van der Waals surface area contributed by atoms with E-state index in [1.807, 2.05) is 19.1 Å². The molecule has 0 radical (unpaired) electrons. The Labute approximate surface area is 123 Å². The first-order chi connectivity index (χ1) is 10.00. The molecule has 2 aromatic heterocycles. The molecule has 0 bridgehead atoms. The van der Waals surface area contributed by atoms with Crippen molar-refractivity contribution in [2.45, 2.75) is 45.1 Å². The number of nitrogens with one attached hydrogen (secondary N) is 1. The highest BCUT2D eigenvalue weighted by Crippen LogP contribution is 2.35. The van der Waals surface area contributed by atoms with Crippen LogP contribution in [0.3, 0.4) is 0 Å². The second-order valence-electron chi connectivity index (χ2n) is 6.16. The van der Waals surface area contributed by atoms with Gasteiger partial charge in [-0.05, 0) is 43.4 Å². The SMILES string of the molecule is Cc1cc(NC2(C(=O)O)CCCC(C)C2)n2ncnc2c1. The molecule has 2 aromatic rings. The van der Waals surface area contributed by atoms with Crippen LogP contribution >= 0.6 is 0 Å². The Morgan fingerprint density at radius 2 is 2.33 bits per heavy atom. The van der Waals surface area contributed by atoms with Crippen LogP contribution in [0, 0.1) is 12.8 Å². The molecule has 2 atom stereocenters. The summed E-state index contributed by atoms with van der Waals surface area (Å²) in [6, 6.07) is 3.85. The summed E-state index contributed by atoms with van der Waals surface area (Å²) < 4.78 is 1.66. The molecule has 3 rings (SSSR count). The normalized spacial score (nSPS) is 25.9. The molecule has 112 valence electrons. The Kier molecular flexibility index (Phi) is 3.31. The Morgan fingerprint density at radius 1 is 1.52 bits per heavy atom. The molecule has 0 aliphatic heterocycles. The fourth-order valence-electron chi connectivity index (χ4n) is 3.30. The number of carboxylic acids is 1. The van der Waals surface area contributed by atoms with E-state index in [1.54, 1.807) is 4.52 Å². The number of anilines is 1. The van der Waals surface area contributed by atoms with Crippen molar-refractivity contribution >= 4 is 17.4 Å². The lowest BCUT2D eigenvalue weighted by Crippen LogP contribution is -2.50. The topological polar surface area (TPSA) is 79.5 Å². The number of carbonyl (C=O) groups is 1. The van der Waals surface area contributed by atoms with E-state index < -0.39 is 11.5 Å². The molecular weight excluding hydrogens is 268 g/mol. The van der Waals surface area contributed by atoms with Crippen LogP contribution in [0.2, 0.25) is 0 Å². The van der Waals surface area contributed by atoms with E-state index in [-0.39, 0.29) is 0 Å². The van der Waals surface area contributed by atoms with Gasteiger partial charge in [-0.3, -0.25) is 0 Å². The lowest BCUT2D eigenvalue weighted by atomic mass is 9.76. The molecule has 2 heterocycles. The highest BCUT2D eigenvalue weighted by Gasteiger charge is 2.42. The third kappa shape index (κ3) is 2.46. The van der Waals surface area contributed by atoms with Crippen LogP contribution in [0.1, 0.15) is 38.2 Å². The van der Waals surface area contributed by atoms with Gasteiger partial charge in [-0.1, -0.05) is 19.8 Å². The van der Waals surface area contributed by atoms with Gasteiger partial charge in [0.1, 0.15) is 17.7 Å². The number of aryl methyl sites for hydroxylation is 1. The largest absolute Gasteiger partial charge is 0.480 e. The molecular formula is C15H20N4O2. The van der Waals surface area contributed by atoms with Gasteiger partial charge < -0.3 is 10.4 Å². The molecule has 6 nitrogen and oxygen atoms in total. The summed E-state index contributed by atoms with van der Waals surface area (Å²) in [5.41, 5.74) is 0.842. The number of aromatic nitrogens is 3. The van der Waals surface area contributed by atoms with E-state index >= 15 is 0 Å². The quantitative estimate of drug-likeness (QED) is 0.907. The van der Waals surface area contributed by atoms with Crippen molar-refractivity contribution in [3.63, 3.8) is 0 Å². The van der Waals surface area contributed by atoms with Crippen molar-refractivity contribution < 1.29 is 9.90 Å². The van der Waals surface area contributed by atoms with Crippen LogP contribution in [0.15, 0.2) is 18.5 Å². The zero-order chi connectivity index (χ0) is 15.0. The van der Waals surface area contributed by atoms with Gasteiger partial charge in [-0.15, -0.1) is 0 Å². The minimum absolute atomic E-state index is 0.401. The summed E-state index contributed by atoms with van der Waals surface area (Å²) >= 11 is 0. The molecule has 1 saturated carbocycles. The van der Waals surface area contributed by atoms with E-state index in [2.05, 4.69) is 22.3 Å². The summed E-state index contributed by atoms with van der Waals surface area (Å²) in [6.07, 6.45) is 4.76. The van der Waals surface area contributed by atoms with Crippen LogP contribution in [0.5, 0.6) is 0 Å². The first-order valence-corrected chi connectivity index (χ1v) is 7.32. The standard InChI is InChI=1S/C15H20N4O2/c1-10-4-3-5-15(8-10,14(20)21)18-13-7-11(2)6-12-16-9-17-19(12)13/h6-7,9-10,18H,3-5,8H2,1-2H3,(H,20,21). The smallest absolute Gasteiger partial charge is 0.329 e. The molecule has 1 aliphatic rings. The molecule has 0 spiro atoms. The molecule has 0 aromatic carbocycles. The molecule has 2 unspecified atom stereocenters. The Morgan fingerprint density at radius 3 is 3.05 bits per heavy atom. The summed E-state index contributed by atoms with van der Waals surface area (Å²) in [5.74, 6) is 0.307. The lowest BCUT2D eigenvalue weighted by Gasteiger charge is -2.37. The first-order valence-electron chi connectivity index (χ1n) is 7.32.